The third-order valence-electron chi connectivity index (χ3n) is 5.00. The molecule has 1 atom stereocenters. The second-order valence-electron chi connectivity index (χ2n) is 7.35. The minimum atomic E-state index is -0.694. The van der Waals surface area contributed by atoms with Crippen molar-refractivity contribution in [2.24, 2.45) is 0 Å². The normalized spacial score (nSPS) is 15.0. The van der Waals surface area contributed by atoms with Crippen LogP contribution >= 0.6 is 27.7 Å². The van der Waals surface area contributed by atoms with Crippen LogP contribution in [0.1, 0.15) is 44.0 Å². The number of carbonyl (C=O) groups is 1. The molecule has 1 aliphatic rings. The predicted molar refractivity (Wildman–Crippen MR) is 126 cm³/mol. The summed E-state index contributed by atoms with van der Waals surface area (Å²) >= 11 is 5.17. The van der Waals surface area contributed by atoms with Crippen molar-refractivity contribution < 1.29 is 9.53 Å². The molecular weight excluding hydrogens is 476 g/mol. The summed E-state index contributed by atoms with van der Waals surface area (Å²) in [5.74, 6) is 1.16. The molecule has 0 fully saturated rings. The molecule has 0 N–H and O–H groups in total. The number of unbranched alkanes of at least 4 members (excludes halogenated alkanes) is 1. The number of thioether (sulfide) groups is 1. The van der Waals surface area contributed by atoms with E-state index in [0.717, 1.165) is 45.4 Å². The highest BCUT2D eigenvalue weighted by atomic mass is 79.9. The molecule has 4 rings (SSSR count). The smallest absolute Gasteiger partial charge is 0.247 e. The van der Waals surface area contributed by atoms with Crippen LogP contribution in [-0.4, -0.2) is 26.8 Å². The monoisotopic (exact) mass is 498 g/mol. The van der Waals surface area contributed by atoms with Gasteiger partial charge in [-0.2, -0.15) is 4.98 Å². The fraction of sp³-hybridized carbons (Fsp3) is 0.304. The van der Waals surface area contributed by atoms with Crippen LogP contribution in [0.5, 0.6) is 5.88 Å². The van der Waals surface area contributed by atoms with Crippen molar-refractivity contribution in [3.05, 3.63) is 58.1 Å². The van der Waals surface area contributed by atoms with Crippen LogP contribution in [0.2, 0.25) is 0 Å². The zero-order chi connectivity index (χ0) is 22.0. The van der Waals surface area contributed by atoms with Gasteiger partial charge in [0.1, 0.15) is 0 Å². The van der Waals surface area contributed by atoms with Crippen molar-refractivity contribution in [1.29, 1.82) is 0 Å². The Morgan fingerprint density at radius 1 is 1.23 bits per heavy atom. The Morgan fingerprint density at radius 2 is 2.03 bits per heavy atom. The van der Waals surface area contributed by atoms with E-state index in [9.17, 15) is 4.79 Å². The molecule has 0 saturated heterocycles. The molecule has 1 amide bonds. The summed E-state index contributed by atoms with van der Waals surface area (Å²) in [6.45, 7) is 5.70. The second kappa shape index (κ2) is 9.36. The Morgan fingerprint density at radius 3 is 2.77 bits per heavy atom. The lowest BCUT2D eigenvalue weighted by Gasteiger charge is -2.30. The van der Waals surface area contributed by atoms with Crippen LogP contribution < -0.4 is 9.64 Å². The van der Waals surface area contributed by atoms with Gasteiger partial charge in [0.2, 0.25) is 23.2 Å². The first-order valence-electron chi connectivity index (χ1n) is 10.2. The van der Waals surface area contributed by atoms with Gasteiger partial charge in [0.25, 0.3) is 0 Å². The molecule has 6 nitrogen and oxygen atoms in total. The number of aromatic nitrogens is 3. The first kappa shape index (κ1) is 21.8. The molecule has 3 aromatic rings. The molecule has 160 valence electrons. The topological polar surface area (TPSA) is 68.2 Å². The number of benzene rings is 2. The van der Waals surface area contributed by atoms with Crippen LogP contribution in [0.3, 0.4) is 0 Å². The summed E-state index contributed by atoms with van der Waals surface area (Å²) in [6, 6.07) is 13.6. The lowest BCUT2D eigenvalue weighted by molar-refractivity contribution is -0.118. The molecule has 0 spiro atoms. The van der Waals surface area contributed by atoms with Gasteiger partial charge in [-0.15, -0.1) is 10.2 Å². The first-order valence-corrected chi connectivity index (χ1v) is 12.0. The summed E-state index contributed by atoms with van der Waals surface area (Å²) in [7, 11) is 0. The van der Waals surface area contributed by atoms with E-state index in [1.807, 2.05) is 49.4 Å². The SMILES string of the molecule is CCCCSc1nnc2c(n1)O[C@H](c1ccccc1Br)N(C(C)=O)c1ccc(C)cc1-2. The first-order chi connectivity index (χ1) is 15.0. The van der Waals surface area contributed by atoms with E-state index in [-0.39, 0.29) is 5.91 Å². The lowest BCUT2D eigenvalue weighted by Crippen LogP contribution is -2.36. The quantitative estimate of drug-likeness (QED) is 0.320. The second-order valence-corrected chi connectivity index (χ2v) is 9.27. The number of rotatable bonds is 5. The van der Waals surface area contributed by atoms with Gasteiger partial charge >= 0.3 is 0 Å². The number of fused-ring (bicyclic) bond motifs is 3. The van der Waals surface area contributed by atoms with Crippen molar-refractivity contribution in [3.63, 3.8) is 0 Å². The number of carbonyl (C=O) groups excluding carboxylic acids is 1. The van der Waals surface area contributed by atoms with E-state index < -0.39 is 6.23 Å². The van der Waals surface area contributed by atoms with Gasteiger partial charge in [0.05, 0.1) is 5.69 Å². The molecule has 0 unspecified atom stereocenters. The van der Waals surface area contributed by atoms with Crippen molar-refractivity contribution in [3.8, 4) is 17.1 Å². The van der Waals surface area contributed by atoms with Crippen molar-refractivity contribution in [1.82, 2.24) is 15.2 Å². The third kappa shape index (κ3) is 4.45. The van der Waals surface area contributed by atoms with E-state index in [4.69, 9.17) is 4.74 Å². The average Bonchev–Trinajstić information content (AvgIpc) is 2.88. The summed E-state index contributed by atoms with van der Waals surface area (Å²) in [5.41, 5.74) is 3.93. The van der Waals surface area contributed by atoms with Crippen LogP contribution in [0.15, 0.2) is 52.1 Å². The molecule has 31 heavy (non-hydrogen) atoms. The Bertz CT molecular complexity index is 1120. The highest BCUT2D eigenvalue weighted by Gasteiger charge is 2.35. The minimum absolute atomic E-state index is 0.135. The molecule has 1 aliphatic heterocycles. The van der Waals surface area contributed by atoms with Gasteiger partial charge in [-0.05, 0) is 31.5 Å². The number of nitrogens with zero attached hydrogens (tertiary/aromatic N) is 4. The summed E-state index contributed by atoms with van der Waals surface area (Å²) < 4.78 is 7.27. The van der Waals surface area contributed by atoms with Gasteiger partial charge in [0.15, 0.2) is 5.69 Å². The molecular formula is C23H23BrN4O2S. The summed E-state index contributed by atoms with van der Waals surface area (Å²) in [5, 5.41) is 9.38. The molecule has 2 heterocycles. The minimum Gasteiger partial charge on any atom is -0.447 e. The fourth-order valence-electron chi connectivity index (χ4n) is 3.46. The van der Waals surface area contributed by atoms with Gasteiger partial charge in [-0.1, -0.05) is 70.9 Å². The maximum absolute atomic E-state index is 12.9. The van der Waals surface area contributed by atoms with Gasteiger partial charge in [-0.25, -0.2) is 0 Å². The highest BCUT2D eigenvalue weighted by Crippen LogP contribution is 2.44. The third-order valence-corrected chi connectivity index (χ3v) is 6.65. The maximum Gasteiger partial charge on any atom is 0.247 e. The molecule has 0 radical (unpaired) electrons. The van der Waals surface area contributed by atoms with Crippen LogP contribution in [-0.2, 0) is 4.79 Å². The highest BCUT2D eigenvalue weighted by molar-refractivity contribution is 9.10. The summed E-state index contributed by atoms with van der Waals surface area (Å²) in [6.07, 6.45) is 1.48. The average molecular weight is 499 g/mol. The Hall–Kier alpha value is -2.45. The lowest BCUT2D eigenvalue weighted by atomic mass is 10.0. The number of ether oxygens (including phenoxy) is 1. The summed E-state index contributed by atoms with van der Waals surface area (Å²) in [4.78, 5) is 19.2. The zero-order valence-corrected chi connectivity index (χ0v) is 20.0. The van der Waals surface area contributed by atoms with Crippen LogP contribution in [0.4, 0.5) is 5.69 Å². The molecule has 8 heteroatoms. The van der Waals surface area contributed by atoms with Crippen LogP contribution in [0.25, 0.3) is 11.3 Å². The molecule has 0 aliphatic carbocycles. The van der Waals surface area contributed by atoms with Crippen molar-refractivity contribution >= 4 is 39.3 Å². The standard InChI is InChI=1S/C23H23BrN4O2S/c1-4-5-12-31-23-25-21-20(26-27-23)17-13-14(2)10-11-19(17)28(15(3)29)22(30-21)16-8-6-7-9-18(16)24/h6-11,13,22H,4-5,12H2,1-3H3/t22-/m1/s1. The number of hydrogen-bond acceptors (Lipinski definition) is 6. The van der Waals surface area contributed by atoms with E-state index >= 15 is 0 Å². The number of hydrogen-bond donors (Lipinski definition) is 0. The van der Waals surface area contributed by atoms with E-state index in [2.05, 4.69) is 38.0 Å². The Labute approximate surface area is 194 Å². The Kier molecular flexibility index (Phi) is 6.57. The van der Waals surface area contributed by atoms with E-state index in [0.29, 0.717) is 16.7 Å². The number of halogens is 1. The van der Waals surface area contributed by atoms with Gasteiger partial charge < -0.3 is 4.74 Å². The fourth-order valence-corrected chi connectivity index (χ4v) is 4.81. The Balaban J connectivity index is 1.90. The number of amides is 1. The van der Waals surface area contributed by atoms with Gasteiger partial charge in [-0.3, -0.25) is 9.69 Å². The van der Waals surface area contributed by atoms with E-state index in [1.165, 1.54) is 6.92 Å². The van der Waals surface area contributed by atoms with Crippen molar-refractivity contribution in [2.75, 3.05) is 10.7 Å². The molecule has 1 aromatic heterocycles. The van der Waals surface area contributed by atoms with Crippen LogP contribution in [0, 0.1) is 6.92 Å². The largest absolute Gasteiger partial charge is 0.447 e. The molecule has 0 saturated carbocycles. The number of anilines is 1. The maximum atomic E-state index is 12.9. The molecule has 2 aromatic carbocycles. The number of aryl methyl sites for hydroxylation is 1. The molecule has 0 bridgehead atoms. The van der Waals surface area contributed by atoms with Crippen molar-refractivity contribution in [2.45, 2.75) is 45.0 Å². The van der Waals surface area contributed by atoms with E-state index in [1.54, 1.807) is 16.7 Å². The zero-order valence-electron chi connectivity index (χ0n) is 17.6. The van der Waals surface area contributed by atoms with Gasteiger partial charge in [0, 0.05) is 28.3 Å². The predicted octanol–water partition coefficient (Wildman–Crippen LogP) is 5.95.